The molecule has 4 aliphatic rings. The van der Waals surface area contributed by atoms with Gasteiger partial charge in [-0.05, 0) is 31.1 Å². The zero-order valence-corrected chi connectivity index (χ0v) is 11.4. The van der Waals surface area contributed by atoms with E-state index in [1.165, 1.54) is 12.8 Å². The van der Waals surface area contributed by atoms with Crippen molar-refractivity contribution in [2.24, 2.45) is 11.8 Å². The highest BCUT2D eigenvalue weighted by atomic mass is 16.2. The van der Waals surface area contributed by atoms with Crippen molar-refractivity contribution in [3.63, 3.8) is 0 Å². The van der Waals surface area contributed by atoms with Gasteiger partial charge in [-0.1, -0.05) is 0 Å². The lowest BCUT2D eigenvalue weighted by atomic mass is 9.71. The van der Waals surface area contributed by atoms with Crippen LogP contribution in [-0.2, 0) is 9.59 Å². The quantitative estimate of drug-likeness (QED) is 0.655. The van der Waals surface area contributed by atoms with E-state index in [0.717, 1.165) is 45.3 Å². The summed E-state index contributed by atoms with van der Waals surface area (Å²) in [5, 5.41) is 0. The predicted octanol–water partition coefficient (Wildman–Crippen LogP) is 1.05. The van der Waals surface area contributed by atoms with Gasteiger partial charge in [0.1, 0.15) is 5.78 Å². The number of carbonyl (C=O) groups is 2. The Kier molecular flexibility index (Phi) is 2.69. The summed E-state index contributed by atoms with van der Waals surface area (Å²) < 4.78 is 0. The fourth-order valence-electron chi connectivity index (χ4n) is 4.91. The van der Waals surface area contributed by atoms with E-state index in [1.807, 2.05) is 0 Å². The molecule has 4 saturated heterocycles. The number of fused-ring (bicyclic) bond motifs is 6. The molecule has 4 rings (SSSR count). The van der Waals surface area contributed by atoms with Crippen molar-refractivity contribution >= 4 is 11.7 Å². The van der Waals surface area contributed by atoms with Crippen LogP contribution >= 0.6 is 0 Å². The fourth-order valence-corrected chi connectivity index (χ4v) is 4.91. The van der Waals surface area contributed by atoms with Crippen LogP contribution in [0.15, 0.2) is 0 Å². The first-order valence-electron chi connectivity index (χ1n) is 7.77. The standard InChI is InChI=1S/C15H22N2O2/c18-12-4-5-16-8-10-6-11(14(16)7-12)9-17-13(10)2-1-3-15(17)19/h10-11,13-14H,1-9H2/t10-,11-,13+,14-/m0/s1. The number of nitrogens with zero attached hydrogens (tertiary/aromatic N) is 2. The number of hydrogen-bond donors (Lipinski definition) is 0. The van der Waals surface area contributed by atoms with Gasteiger partial charge in [0.25, 0.3) is 0 Å². The van der Waals surface area contributed by atoms with E-state index >= 15 is 0 Å². The number of carbonyl (C=O) groups excluding carboxylic acids is 2. The topological polar surface area (TPSA) is 40.6 Å². The van der Waals surface area contributed by atoms with Gasteiger partial charge in [-0.2, -0.15) is 0 Å². The smallest absolute Gasteiger partial charge is 0.222 e. The molecule has 1 amide bonds. The van der Waals surface area contributed by atoms with Crippen molar-refractivity contribution in [2.75, 3.05) is 19.6 Å². The van der Waals surface area contributed by atoms with Crippen LogP contribution in [0.1, 0.15) is 38.5 Å². The number of piperidine rings is 4. The van der Waals surface area contributed by atoms with Crippen LogP contribution < -0.4 is 0 Å². The summed E-state index contributed by atoms with van der Waals surface area (Å²) in [6, 6.07) is 0.921. The Balaban J connectivity index is 1.59. The second-order valence-electron chi connectivity index (χ2n) is 6.82. The molecule has 0 aromatic heterocycles. The molecule has 4 nitrogen and oxygen atoms in total. The number of hydrogen-bond acceptors (Lipinski definition) is 3. The van der Waals surface area contributed by atoms with Crippen LogP contribution in [0.3, 0.4) is 0 Å². The second kappa shape index (κ2) is 4.30. The van der Waals surface area contributed by atoms with Gasteiger partial charge in [0.15, 0.2) is 0 Å². The van der Waals surface area contributed by atoms with E-state index in [0.29, 0.717) is 35.6 Å². The Morgan fingerprint density at radius 2 is 1.84 bits per heavy atom. The summed E-state index contributed by atoms with van der Waals surface area (Å²) in [6.45, 7) is 2.98. The fraction of sp³-hybridized carbons (Fsp3) is 0.867. The van der Waals surface area contributed by atoms with Crippen molar-refractivity contribution in [3.8, 4) is 0 Å². The molecule has 4 aliphatic heterocycles. The van der Waals surface area contributed by atoms with Crippen LogP contribution in [0.4, 0.5) is 0 Å². The zero-order valence-electron chi connectivity index (χ0n) is 11.4. The maximum absolute atomic E-state index is 12.1. The van der Waals surface area contributed by atoms with Gasteiger partial charge < -0.3 is 4.90 Å². The lowest BCUT2D eigenvalue weighted by Crippen LogP contribution is -2.65. The van der Waals surface area contributed by atoms with E-state index < -0.39 is 0 Å². The maximum atomic E-state index is 12.1. The van der Waals surface area contributed by atoms with E-state index in [-0.39, 0.29) is 0 Å². The van der Waals surface area contributed by atoms with Crippen molar-refractivity contribution in [3.05, 3.63) is 0 Å². The predicted molar refractivity (Wildman–Crippen MR) is 70.6 cm³/mol. The molecule has 2 bridgehead atoms. The second-order valence-corrected chi connectivity index (χ2v) is 6.82. The summed E-state index contributed by atoms with van der Waals surface area (Å²) in [5.74, 6) is 1.99. The summed E-state index contributed by atoms with van der Waals surface area (Å²) in [6.07, 6.45) is 5.71. The number of Topliss-reactive ketones (excluding diaryl/α,β-unsaturated/α-hetero) is 1. The molecule has 4 heteroatoms. The Morgan fingerprint density at radius 1 is 1.00 bits per heavy atom. The number of amides is 1. The minimum atomic E-state index is 0.363. The Labute approximate surface area is 114 Å². The molecule has 4 fully saturated rings. The van der Waals surface area contributed by atoms with Crippen LogP contribution in [0.5, 0.6) is 0 Å². The summed E-state index contributed by atoms with van der Waals surface area (Å²) in [7, 11) is 0. The Bertz CT molecular complexity index is 422. The van der Waals surface area contributed by atoms with Crippen LogP contribution in [0, 0.1) is 11.8 Å². The molecule has 0 aromatic rings. The highest BCUT2D eigenvalue weighted by Gasteiger charge is 2.48. The third-order valence-electron chi connectivity index (χ3n) is 5.79. The van der Waals surface area contributed by atoms with Gasteiger partial charge in [0.05, 0.1) is 0 Å². The van der Waals surface area contributed by atoms with E-state index in [2.05, 4.69) is 9.80 Å². The summed E-state index contributed by atoms with van der Waals surface area (Å²) in [4.78, 5) is 28.6. The minimum Gasteiger partial charge on any atom is -0.339 e. The van der Waals surface area contributed by atoms with Crippen LogP contribution in [0.25, 0.3) is 0 Å². The summed E-state index contributed by atoms with van der Waals surface area (Å²) >= 11 is 0. The monoisotopic (exact) mass is 262 g/mol. The lowest BCUT2D eigenvalue weighted by Gasteiger charge is -2.56. The lowest BCUT2D eigenvalue weighted by molar-refractivity contribution is -0.149. The molecule has 4 atom stereocenters. The van der Waals surface area contributed by atoms with E-state index in [1.54, 1.807) is 0 Å². The maximum Gasteiger partial charge on any atom is 0.222 e. The van der Waals surface area contributed by atoms with E-state index in [4.69, 9.17) is 0 Å². The van der Waals surface area contributed by atoms with Gasteiger partial charge in [0, 0.05) is 51.0 Å². The van der Waals surface area contributed by atoms with Crippen LogP contribution in [-0.4, -0.2) is 53.2 Å². The molecule has 0 N–H and O–H groups in total. The average Bonchev–Trinajstić information content (AvgIpc) is 2.41. The SMILES string of the molecule is O=C1CCN2C[C@@H]3C[C@@H](CN4C(=O)CCC[C@H]34)[C@@H]2C1. The van der Waals surface area contributed by atoms with Gasteiger partial charge >= 0.3 is 0 Å². The zero-order chi connectivity index (χ0) is 13.0. The number of ketones is 1. The third kappa shape index (κ3) is 1.83. The average molecular weight is 262 g/mol. The molecule has 0 aliphatic carbocycles. The van der Waals surface area contributed by atoms with Crippen molar-refractivity contribution in [1.29, 1.82) is 0 Å². The minimum absolute atomic E-state index is 0.363. The highest BCUT2D eigenvalue weighted by Crippen LogP contribution is 2.42. The van der Waals surface area contributed by atoms with Gasteiger partial charge in [-0.3, -0.25) is 14.5 Å². The molecule has 0 unspecified atom stereocenters. The Hall–Kier alpha value is -0.900. The molecule has 19 heavy (non-hydrogen) atoms. The van der Waals surface area contributed by atoms with Crippen molar-refractivity contribution < 1.29 is 9.59 Å². The third-order valence-corrected chi connectivity index (χ3v) is 5.79. The first kappa shape index (κ1) is 11.9. The molecular weight excluding hydrogens is 240 g/mol. The highest BCUT2D eigenvalue weighted by molar-refractivity contribution is 5.80. The van der Waals surface area contributed by atoms with Crippen molar-refractivity contribution in [1.82, 2.24) is 9.80 Å². The molecular formula is C15H22N2O2. The van der Waals surface area contributed by atoms with E-state index in [9.17, 15) is 9.59 Å². The molecule has 0 saturated carbocycles. The largest absolute Gasteiger partial charge is 0.339 e. The van der Waals surface area contributed by atoms with Gasteiger partial charge in [-0.25, -0.2) is 0 Å². The Morgan fingerprint density at radius 3 is 2.74 bits per heavy atom. The number of rotatable bonds is 0. The normalized spacial score (nSPS) is 42.8. The van der Waals surface area contributed by atoms with Gasteiger partial charge in [0.2, 0.25) is 5.91 Å². The molecule has 0 radical (unpaired) electrons. The first-order valence-corrected chi connectivity index (χ1v) is 7.77. The molecule has 0 aromatic carbocycles. The summed E-state index contributed by atoms with van der Waals surface area (Å²) in [5.41, 5.74) is 0. The van der Waals surface area contributed by atoms with Crippen molar-refractivity contribution in [2.45, 2.75) is 50.6 Å². The van der Waals surface area contributed by atoms with Gasteiger partial charge in [-0.15, -0.1) is 0 Å². The molecule has 0 spiro atoms. The first-order chi connectivity index (χ1) is 9.22. The van der Waals surface area contributed by atoms with Crippen LogP contribution in [0.2, 0.25) is 0 Å². The molecule has 4 heterocycles. The molecule has 104 valence electrons.